The van der Waals surface area contributed by atoms with E-state index in [9.17, 15) is 39.6 Å². The molecule has 0 unspecified atom stereocenters. The summed E-state index contributed by atoms with van der Waals surface area (Å²) in [6.07, 6.45) is -8.74. The number of carbonyl (C=O) groups excluding carboxylic acids is 1. The van der Waals surface area contributed by atoms with Crippen LogP contribution in [0.1, 0.15) is 50.1 Å². The number of aromatic nitrogens is 2. The van der Waals surface area contributed by atoms with E-state index in [2.05, 4.69) is 10.4 Å². The summed E-state index contributed by atoms with van der Waals surface area (Å²) in [4.78, 5) is 13.9. The number of amides is 1. The lowest BCUT2D eigenvalue weighted by molar-refractivity contribution is -0.270. The fourth-order valence-electron chi connectivity index (χ4n) is 4.68. The number of nitrogens with one attached hydrogen (secondary N) is 1. The summed E-state index contributed by atoms with van der Waals surface area (Å²) in [5, 5.41) is 6.34. The van der Waals surface area contributed by atoms with Crippen LogP contribution in [0, 0.1) is 17.5 Å². The molecule has 216 valence electrons. The summed E-state index contributed by atoms with van der Waals surface area (Å²) in [5.74, 6) is -4.41. The summed E-state index contributed by atoms with van der Waals surface area (Å²) < 4.78 is 120. The van der Waals surface area contributed by atoms with Gasteiger partial charge in [0.05, 0.1) is 18.0 Å². The lowest BCUT2D eigenvalue weighted by atomic mass is 9.88. The molecule has 0 aliphatic carbocycles. The number of fused-ring (bicyclic) bond motifs is 1. The van der Waals surface area contributed by atoms with Crippen molar-refractivity contribution in [2.45, 2.75) is 76.4 Å². The van der Waals surface area contributed by atoms with Crippen LogP contribution in [-0.2, 0) is 32.6 Å². The normalized spacial score (nSPS) is 24.5. The number of benzene rings is 1. The first-order valence-electron chi connectivity index (χ1n) is 11.7. The molecule has 39 heavy (non-hydrogen) atoms. The van der Waals surface area contributed by atoms with Crippen LogP contribution >= 0.6 is 0 Å². The Morgan fingerprint density at radius 2 is 1.74 bits per heavy atom. The predicted octanol–water partition coefficient (Wildman–Crippen LogP) is 3.78. The van der Waals surface area contributed by atoms with E-state index in [1.165, 1.54) is 11.1 Å². The summed E-state index contributed by atoms with van der Waals surface area (Å²) in [5.41, 5.74) is -1.07. The second-order valence-corrected chi connectivity index (χ2v) is 12.3. The van der Waals surface area contributed by atoms with E-state index >= 15 is 0 Å². The van der Waals surface area contributed by atoms with Gasteiger partial charge in [0.15, 0.2) is 17.7 Å². The molecule has 0 spiro atoms. The molecular formula is C23H26F6N4O5S. The zero-order valence-corrected chi connectivity index (χ0v) is 22.0. The molecule has 1 aromatic heterocycles. The fraction of sp³-hybridized carbons (Fsp3) is 0.565. The maximum Gasteiger partial charge on any atom is 0.416 e. The molecular weight excluding hydrogens is 558 g/mol. The van der Waals surface area contributed by atoms with Gasteiger partial charge in [-0.2, -0.15) is 22.4 Å². The van der Waals surface area contributed by atoms with Crippen LogP contribution in [0.4, 0.5) is 31.1 Å². The van der Waals surface area contributed by atoms with Gasteiger partial charge in [-0.3, -0.25) is 4.90 Å². The minimum absolute atomic E-state index is 0.116. The van der Waals surface area contributed by atoms with E-state index < -0.39 is 81.6 Å². The zero-order valence-electron chi connectivity index (χ0n) is 21.2. The van der Waals surface area contributed by atoms with Crippen molar-refractivity contribution in [1.82, 2.24) is 19.4 Å². The average molecular weight is 585 g/mol. The monoisotopic (exact) mass is 584 g/mol. The highest BCUT2D eigenvalue weighted by Crippen LogP contribution is 2.43. The minimum atomic E-state index is -4.98. The zero-order chi connectivity index (χ0) is 29.1. The van der Waals surface area contributed by atoms with Crippen molar-refractivity contribution >= 4 is 16.1 Å². The number of rotatable bonds is 4. The summed E-state index contributed by atoms with van der Waals surface area (Å²) >= 11 is 0. The van der Waals surface area contributed by atoms with Crippen LogP contribution in [-0.4, -0.2) is 64.8 Å². The molecule has 1 N–H and O–H groups in total. The number of ether oxygens (including phenoxy) is 2. The van der Waals surface area contributed by atoms with Crippen LogP contribution in [0.2, 0.25) is 0 Å². The van der Waals surface area contributed by atoms with Crippen molar-refractivity contribution < 1.29 is 49.0 Å². The van der Waals surface area contributed by atoms with Crippen molar-refractivity contribution in [3.63, 3.8) is 0 Å². The highest BCUT2D eigenvalue weighted by molar-refractivity contribution is 7.89. The topological polar surface area (TPSA) is 103 Å². The lowest BCUT2D eigenvalue weighted by Crippen LogP contribution is -2.59. The number of halogens is 6. The molecule has 1 fully saturated rings. The molecule has 0 bridgehead atoms. The molecule has 2 aliphatic heterocycles. The first-order valence-corrected chi connectivity index (χ1v) is 13.6. The molecule has 0 saturated carbocycles. The van der Waals surface area contributed by atoms with E-state index in [1.54, 1.807) is 20.8 Å². The first kappa shape index (κ1) is 29.1. The number of hydrogen-bond donors (Lipinski definition) is 1. The molecule has 2 aromatic rings. The van der Waals surface area contributed by atoms with E-state index in [1.807, 2.05) is 0 Å². The second-order valence-electron chi connectivity index (χ2n) is 10.5. The quantitative estimate of drug-likeness (QED) is 0.431. The molecule has 3 heterocycles. The van der Waals surface area contributed by atoms with E-state index in [0.717, 1.165) is 10.3 Å². The van der Waals surface area contributed by atoms with Crippen molar-refractivity contribution in [3.05, 3.63) is 52.6 Å². The van der Waals surface area contributed by atoms with Crippen LogP contribution in [0.25, 0.3) is 0 Å². The Morgan fingerprint density at radius 1 is 1.10 bits per heavy atom. The van der Waals surface area contributed by atoms with E-state index in [0.29, 0.717) is 11.6 Å². The molecule has 4 rings (SSSR count). The predicted molar refractivity (Wildman–Crippen MR) is 123 cm³/mol. The molecule has 9 nitrogen and oxygen atoms in total. The van der Waals surface area contributed by atoms with Crippen LogP contribution in [0.15, 0.2) is 18.3 Å². The van der Waals surface area contributed by atoms with Crippen molar-refractivity contribution in [2.24, 2.45) is 0 Å². The van der Waals surface area contributed by atoms with Gasteiger partial charge in [0, 0.05) is 42.5 Å². The molecule has 1 saturated heterocycles. The maximum atomic E-state index is 14.7. The Bertz CT molecular complexity index is 1350. The molecule has 1 amide bonds. The van der Waals surface area contributed by atoms with Gasteiger partial charge in [-0.25, -0.2) is 26.4 Å². The minimum Gasteiger partial charge on any atom is -0.444 e. The van der Waals surface area contributed by atoms with Crippen molar-refractivity contribution in [1.29, 1.82) is 0 Å². The maximum absolute atomic E-state index is 14.7. The molecule has 0 radical (unpaired) electrons. The molecule has 16 heteroatoms. The SMILES string of the molecule is CC(C)(C)OC(=O)N[C@H]1C[C@@H](N2Cc3cn(S(C)(=O)=O)nc3C2)[C@@H](C(F)(F)F)O[C@@H]1c1cc(F)c(F)cc1F. The van der Waals surface area contributed by atoms with Gasteiger partial charge in [-0.15, -0.1) is 0 Å². The number of alkyl carbamates (subject to hydrolysis) is 1. The van der Waals surface area contributed by atoms with Crippen molar-refractivity contribution in [2.75, 3.05) is 6.26 Å². The number of nitrogens with zero attached hydrogens (tertiary/aromatic N) is 3. The van der Waals surface area contributed by atoms with Gasteiger partial charge in [0.2, 0.25) is 0 Å². The molecule has 2 aliphatic rings. The highest BCUT2D eigenvalue weighted by atomic mass is 32.2. The second kappa shape index (κ2) is 9.96. The summed E-state index contributed by atoms with van der Waals surface area (Å²) in [7, 11) is -3.71. The Kier molecular flexibility index (Phi) is 7.44. The number of carbonyl (C=O) groups is 1. The third-order valence-corrected chi connectivity index (χ3v) is 7.13. The fourth-order valence-corrected chi connectivity index (χ4v) is 5.25. The van der Waals surface area contributed by atoms with E-state index in [4.69, 9.17) is 9.47 Å². The van der Waals surface area contributed by atoms with Gasteiger partial charge in [-0.1, -0.05) is 0 Å². The number of hydrogen-bond acceptors (Lipinski definition) is 7. The van der Waals surface area contributed by atoms with Crippen LogP contribution < -0.4 is 5.32 Å². The van der Waals surface area contributed by atoms with Gasteiger partial charge in [0.25, 0.3) is 10.0 Å². The highest BCUT2D eigenvalue weighted by Gasteiger charge is 2.55. The number of alkyl halides is 3. The van der Waals surface area contributed by atoms with Gasteiger partial charge < -0.3 is 14.8 Å². The first-order chi connectivity index (χ1) is 17.8. The van der Waals surface area contributed by atoms with Crippen LogP contribution in [0.3, 0.4) is 0 Å². The van der Waals surface area contributed by atoms with Crippen molar-refractivity contribution in [3.8, 4) is 0 Å². The summed E-state index contributed by atoms with van der Waals surface area (Å²) in [6, 6.07) is -2.22. The Balaban J connectivity index is 1.69. The average Bonchev–Trinajstić information content (AvgIpc) is 3.33. The Morgan fingerprint density at radius 3 is 2.31 bits per heavy atom. The van der Waals surface area contributed by atoms with Gasteiger partial charge >= 0.3 is 12.3 Å². The largest absolute Gasteiger partial charge is 0.444 e. The Labute approximate surface area is 220 Å². The summed E-state index contributed by atoms with van der Waals surface area (Å²) in [6.45, 7) is 4.37. The third kappa shape index (κ3) is 6.32. The Hall–Kier alpha value is -2.85. The molecule has 1 aromatic carbocycles. The van der Waals surface area contributed by atoms with Gasteiger partial charge in [-0.05, 0) is 33.3 Å². The van der Waals surface area contributed by atoms with Gasteiger partial charge in [0.1, 0.15) is 17.5 Å². The molecule has 4 atom stereocenters. The van der Waals surface area contributed by atoms with E-state index in [-0.39, 0.29) is 24.8 Å². The third-order valence-electron chi connectivity index (χ3n) is 6.27. The smallest absolute Gasteiger partial charge is 0.416 e. The van der Waals surface area contributed by atoms with Crippen LogP contribution in [0.5, 0.6) is 0 Å². The standard InChI is InChI=1S/C23H26F6N4O5S/c1-22(2,3)38-21(34)30-16-7-18(32-8-11-9-33(39(4,35)36)31-17(11)10-32)20(23(27,28)29)37-19(16)12-5-14(25)15(26)6-13(12)24/h5-6,9,16,18-20H,7-8,10H2,1-4H3,(H,30,34)/t16-,18+,19+,20-/m0/s1. The lowest BCUT2D eigenvalue weighted by Gasteiger charge is -2.45.